The molecule has 27 heavy (non-hydrogen) atoms. The number of fused-ring (bicyclic) bond motifs is 1. The minimum absolute atomic E-state index is 0.198. The Labute approximate surface area is 156 Å². The zero-order chi connectivity index (χ0) is 18.8. The zero-order valence-electron chi connectivity index (χ0n) is 15.3. The molecular weight excluding hydrogens is 345 g/mol. The van der Waals surface area contributed by atoms with Gasteiger partial charge in [-0.25, -0.2) is 9.37 Å². The maximum atomic E-state index is 14.9. The number of aromatic amines is 1. The van der Waals surface area contributed by atoms with Crippen LogP contribution in [0.2, 0.25) is 0 Å². The van der Waals surface area contributed by atoms with E-state index in [4.69, 9.17) is 0 Å². The molecule has 0 spiro atoms. The summed E-state index contributed by atoms with van der Waals surface area (Å²) >= 11 is 0. The van der Waals surface area contributed by atoms with Crippen LogP contribution in [0, 0.1) is 5.82 Å². The van der Waals surface area contributed by atoms with Crippen LogP contribution in [0.15, 0.2) is 41.5 Å². The molecule has 4 rings (SSSR count). The first-order valence-corrected chi connectivity index (χ1v) is 9.23. The highest BCUT2D eigenvalue weighted by atomic mass is 19.1. The first-order chi connectivity index (χ1) is 13.2. The smallest absolute Gasteiger partial charge is 0.270 e. The molecular formula is C20H22FN5O. The summed E-state index contributed by atoms with van der Waals surface area (Å²) < 4.78 is 14.9. The van der Waals surface area contributed by atoms with Crippen LogP contribution in [0.25, 0.3) is 11.0 Å². The van der Waals surface area contributed by atoms with Gasteiger partial charge in [0.1, 0.15) is 11.2 Å². The lowest BCUT2D eigenvalue weighted by Gasteiger charge is -2.36. The van der Waals surface area contributed by atoms with Crippen LogP contribution in [0.3, 0.4) is 0 Å². The highest BCUT2D eigenvalue weighted by Crippen LogP contribution is 2.20. The topological polar surface area (TPSA) is 65.1 Å². The number of aromatic nitrogens is 3. The number of hydrogen-bond donors (Lipinski definition) is 1. The van der Waals surface area contributed by atoms with Gasteiger partial charge in [0.25, 0.3) is 5.56 Å². The third-order valence-corrected chi connectivity index (χ3v) is 5.07. The van der Waals surface area contributed by atoms with Crippen molar-refractivity contribution in [2.24, 2.45) is 0 Å². The molecule has 1 N–H and O–H groups in total. The van der Waals surface area contributed by atoms with Crippen LogP contribution in [-0.2, 0) is 13.0 Å². The largest absolute Gasteiger partial charge is 0.368 e. The van der Waals surface area contributed by atoms with Crippen molar-refractivity contribution < 1.29 is 4.39 Å². The maximum absolute atomic E-state index is 14.9. The fourth-order valence-electron chi connectivity index (χ4n) is 3.51. The molecule has 0 unspecified atom stereocenters. The predicted molar refractivity (Wildman–Crippen MR) is 103 cm³/mol. The fraction of sp³-hybridized carbons (Fsp3) is 0.350. The van der Waals surface area contributed by atoms with Gasteiger partial charge in [0.05, 0.1) is 17.4 Å². The lowest BCUT2D eigenvalue weighted by molar-refractivity contribution is 0.247. The number of nitrogens with one attached hydrogen (secondary N) is 1. The minimum Gasteiger partial charge on any atom is -0.368 e. The lowest BCUT2D eigenvalue weighted by atomic mass is 10.1. The Morgan fingerprint density at radius 1 is 1.19 bits per heavy atom. The molecule has 6 nitrogen and oxygen atoms in total. The number of pyridine rings is 1. The number of aryl methyl sites for hydroxylation is 1. The van der Waals surface area contributed by atoms with Crippen molar-refractivity contribution in [1.29, 1.82) is 0 Å². The summed E-state index contributed by atoms with van der Waals surface area (Å²) in [5, 5.41) is 0. The first kappa shape index (κ1) is 17.6. The van der Waals surface area contributed by atoms with Crippen molar-refractivity contribution >= 4 is 16.7 Å². The number of anilines is 1. The Hall–Kier alpha value is -2.80. The molecule has 0 bridgehead atoms. The van der Waals surface area contributed by atoms with Crippen LogP contribution in [0.4, 0.5) is 10.1 Å². The second kappa shape index (κ2) is 7.44. The zero-order valence-corrected chi connectivity index (χ0v) is 15.3. The second-order valence-electron chi connectivity index (χ2n) is 6.77. The summed E-state index contributed by atoms with van der Waals surface area (Å²) in [7, 11) is 0. The summed E-state index contributed by atoms with van der Waals surface area (Å²) in [6.45, 7) is 5.81. The molecule has 0 atom stereocenters. The number of halogens is 1. The van der Waals surface area contributed by atoms with Crippen molar-refractivity contribution in [1.82, 2.24) is 19.9 Å². The molecule has 3 heterocycles. The molecule has 1 fully saturated rings. The SMILES string of the molecule is CCc1nc2ccc(CN3CCN(c4cccnc4)CC3)c(F)c2[nH]c1=O. The highest BCUT2D eigenvalue weighted by molar-refractivity contribution is 5.75. The summed E-state index contributed by atoms with van der Waals surface area (Å²) in [5.74, 6) is -0.380. The second-order valence-corrected chi connectivity index (χ2v) is 6.77. The van der Waals surface area contributed by atoms with E-state index in [2.05, 4.69) is 30.8 Å². The van der Waals surface area contributed by atoms with Gasteiger partial charge >= 0.3 is 0 Å². The Kier molecular flexibility index (Phi) is 4.85. The fourth-order valence-corrected chi connectivity index (χ4v) is 3.51. The normalized spacial score (nSPS) is 15.4. The lowest BCUT2D eigenvalue weighted by Crippen LogP contribution is -2.46. The van der Waals surface area contributed by atoms with Crippen LogP contribution in [-0.4, -0.2) is 46.0 Å². The number of nitrogens with zero attached hydrogens (tertiary/aromatic N) is 4. The van der Waals surface area contributed by atoms with Gasteiger partial charge in [-0.2, -0.15) is 0 Å². The van der Waals surface area contributed by atoms with Crippen LogP contribution in [0.5, 0.6) is 0 Å². The van der Waals surface area contributed by atoms with E-state index >= 15 is 0 Å². The van der Waals surface area contributed by atoms with Gasteiger partial charge in [-0.3, -0.25) is 14.7 Å². The summed E-state index contributed by atoms with van der Waals surface area (Å²) in [6.07, 6.45) is 4.16. The molecule has 2 aromatic heterocycles. The molecule has 7 heteroatoms. The van der Waals surface area contributed by atoms with Crippen LogP contribution >= 0.6 is 0 Å². The van der Waals surface area contributed by atoms with E-state index < -0.39 is 0 Å². The molecule has 0 amide bonds. The molecule has 0 aliphatic carbocycles. The number of benzene rings is 1. The van der Waals surface area contributed by atoms with Gasteiger partial charge in [-0.15, -0.1) is 0 Å². The molecule has 1 aliphatic rings. The molecule has 1 saturated heterocycles. The predicted octanol–water partition coefficient (Wildman–Crippen LogP) is 2.34. The van der Waals surface area contributed by atoms with E-state index in [1.807, 2.05) is 19.2 Å². The Balaban J connectivity index is 1.49. The monoisotopic (exact) mass is 367 g/mol. The van der Waals surface area contributed by atoms with Crippen molar-refractivity contribution in [2.75, 3.05) is 31.1 Å². The summed E-state index contributed by atoms with van der Waals surface area (Å²) in [4.78, 5) is 27.6. The number of rotatable bonds is 4. The molecule has 1 aromatic carbocycles. The third-order valence-electron chi connectivity index (χ3n) is 5.07. The van der Waals surface area contributed by atoms with E-state index in [9.17, 15) is 9.18 Å². The van der Waals surface area contributed by atoms with E-state index in [-0.39, 0.29) is 16.9 Å². The minimum atomic E-state index is -0.380. The quantitative estimate of drug-likeness (QED) is 0.767. The Morgan fingerprint density at radius 2 is 2.00 bits per heavy atom. The van der Waals surface area contributed by atoms with Gasteiger partial charge in [0, 0.05) is 44.5 Å². The first-order valence-electron chi connectivity index (χ1n) is 9.23. The van der Waals surface area contributed by atoms with Crippen LogP contribution < -0.4 is 10.5 Å². The molecule has 0 radical (unpaired) electrons. The van der Waals surface area contributed by atoms with E-state index in [1.54, 1.807) is 18.3 Å². The summed E-state index contributed by atoms with van der Waals surface area (Å²) in [6, 6.07) is 7.55. The van der Waals surface area contributed by atoms with Gasteiger partial charge in [0.2, 0.25) is 0 Å². The molecule has 1 aliphatic heterocycles. The standard InChI is InChI=1S/C20H22FN5O/c1-2-16-20(27)24-19-17(23-16)6-5-14(18(19)21)13-25-8-10-26(11-9-25)15-4-3-7-22-12-15/h3-7,12H,2,8-11,13H2,1H3,(H,24,27). The Bertz CT molecular complexity index is 996. The number of piperazine rings is 1. The third kappa shape index (κ3) is 3.55. The molecule has 3 aromatic rings. The van der Waals surface area contributed by atoms with E-state index in [0.717, 1.165) is 31.9 Å². The molecule has 140 valence electrons. The average Bonchev–Trinajstić information content (AvgIpc) is 2.71. The Morgan fingerprint density at radius 3 is 2.70 bits per heavy atom. The highest BCUT2D eigenvalue weighted by Gasteiger charge is 2.19. The van der Waals surface area contributed by atoms with Crippen molar-refractivity contribution in [3.8, 4) is 0 Å². The van der Waals surface area contributed by atoms with E-state index in [0.29, 0.717) is 29.7 Å². The number of hydrogen-bond acceptors (Lipinski definition) is 5. The maximum Gasteiger partial charge on any atom is 0.270 e. The number of H-pyrrole nitrogens is 1. The molecule has 0 saturated carbocycles. The average molecular weight is 367 g/mol. The van der Waals surface area contributed by atoms with Gasteiger partial charge in [0.15, 0.2) is 5.82 Å². The van der Waals surface area contributed by atoms with Crippen molar-refractivity contribution in [2.45, 2.75) is 19.9 Å². The van der Waals surface area contributed by atoms with Gasteiger partial charge in [-0.05, 0) is 24.6 Å². The van der Waals surface area contributed by atoms with Crippen molar-refractivity contribution in [3.63, 3.8) is 0 Å². The van der Waals surface area contributed by atoms with Gasteiger partial charge in [-0.1, -0.05) is 13.0 Å². The van der Waals surface area contributed by atoms with Crippen molar-refractivity contribution in [3.05, 3.63) is 64.1 Å². The van der Waals surface area contributed by atoms with E-state index in [1.165, 1.54) is 0 Å². The van der Waals surface area contributed by atoms with Crippen LogP contribution in [0.1, 0.15) is 18.2 Å². The van der Waals surface area contributed by atoms with Gasteiger partial charge < -0.3 is 9.88 Å². The summed E-state index contributed by atoms with van der Waals surface area (Å²) in [5.41, 5.74) is 2.51.